The fraction of sp³-hybridized carbons (Fsp3) is 0.206. The molecule has 4 aromatic carbocycles. The maximum absolute atomic E-state index is 6.23. The Hall–Kier alpha value is -4.11. The highest BCUT2D eigenvalue weighted by Crippen LogP contribution is 2.31. The van der Waals surface area contributed by atoms with Gasteiger partial charge in [0.2, 0.25) is 0 Å². The molecule has 0 saturated carbocycles. The molecule has 3 nitrogen and oxygen atoms in total. The second-order valence-electron chi connectivity index (χ2n) is 10.1. The SMILES string of the molecule is Cc1cc(C)c(-n2cc[n+](-c3c(C)cc(C)cc3C)c2-c2ccccc2COc2ccccc2)c(C)c1. The highest BCUT2D eigenvalue weighted by Gasteiger charge is 2.28. The highest BCUT2D eigenvalue weighted by molar-refractivity contribution is 5.64. The van der Waals surface area contributed by atoms with E-state index >= 15 is 0 Å². The van der Waals surface area contributed by atoms with E-state index in [1.165, 1.54) is 44.8 Å². The molecule has 0 amide bonds. The zero-order valence-corrected chi connectivity index (χ0v) is 22.7. The van der Waals surface area contributed by atoms with Crippen molar-refractivity contribution in [2.24, 2.45) is 0 Å². The van der Waals surface area contributed by atoms with Gasteiger partial charge in [-0.3, -0.25) is 0 Å². The Labute approximate surface area is 220 Å². The lowest BCUT2D eigenvalue weighted by atomic mass is 10.0. The lowest BCUT2D eigenvalue weighted by molar-refractivity contribution is -0.583. The molecule has 1 aromatic heterocycles. The Bertz CT molecular complexity index is 1460. The Balaban J connectivity index is 1.75. The summed E-state index contributed by atoms with van der Waals surface area (Å²) in [6, 6.07) is 27.7. The second kappa shape index (κ2) is 10.1. The van der Waals surface area contributed by atoms with Crippen LogP contribution in [0.4, 0.5) is 0 Å². The van der Waals surface area contributed by atoms with Gasteiger partial charge in [0, 0.05) is 5.56 Å². The predicted molar refractivity (Wildman–Crippen MR) is 152 cm³/mol. The summed E-state index contributed by atoms with van der Waals surface area (Å²) in [6.07, 6.45) is 4.40. The number of ether oxygens (including phenoxy) is 1. The third kappa shape index (κ3) is 4.82. The third-order valence-electron chi connectivity index (χ3n) is 6.97. The van der Waals surface area contributed by atoms with E-state index in [0.29, 0.717) is 6.61 Å². The van der Waals surface area contributed by atoms with E-state index in [4.69, 9.17) is 4.74 Å². The summed E-state index contributed by atoms with van der Waals surface area (Å²) in [5.41, 5.74) is 12.3. The van der Waals surface area contributed by atoms with Gasteiger partial charge in [-0.05, 0) is 82.0 Å². The molecule has 37 heavy (non-hydrogen) atoms. The summed E-state index contributed by atoms with van der Waals surface area (Å²) < 4.78 is 10.9. The van der Waals surface area contributed by atoms with Crippen LogP contribution in [0.3, 0.4) is 0 Å². The minimum atomic E-state index is 0.489. The third-order valence-corrected chi connectivity index (χ3v) is 6.97. The van der Waals surface area contributed by atoms with Crippen LogP contribution >= 0.6 is 0 Å². The standard InChI is InChI=1S/C34H35N2O/c1-23-18-25(3)32(26(4)19-23)35-16-17-36(33-27(5)20-24(2)21-28(33)6)34(35)31-15-11-10-12-29(31)22-37-30-13-8-7-9-14-30/h7-21H,22H2,1-6H3/q+1. The van der Waals surface area contributed by atoms with Gasteiger partial charge in [-0.2, -0.15) is 9.13 Å². The normalized spacial score (nSPS) is 11.1. The first-order valence-electron chi connectivity index (χ1n) is 12.9. The van der Waals surface area contributed by atoms with Gasteiger partial charge < -0.3 is 4.74 Å². The van der Waals surface area contributed by atoms with Crippen LogP contribution in [0.1, 0.15) is 38.9 Å². The lowest BCUT2D eigenvalue weighted by Crippen LogP contribution is -2.34. The van der Waals surface area contributed by atoms with Crippen molar-refractivity contribution in [1.29, 1.82) is 0 Å². The molecule has 186 valence electrons. The van der Waals surface area contributed by atoms with Crippen LogP contribution in [0.25, 0.3) is 22.8 Å². The number of imidazole rings is 1. The number of aryl methyl sites for hydroxylation is 6. The van der Waals surface area contributed by atoms with Crippen molar-refractivity contribution >= 4 is 0 Å². The Morgan fingerprint density at radius 2 is 1.24 bits per heavy atom. The van der Waals surface area contributed by atoms with Crippen molar-refractivity contribution in [2.45, 2.75) is 48.1 Å². The molecule has 0 fully saturated rings. The van der Waals surface area contributed by atoms with Crippen molar-refractivity contribution in [2.75, 3.05) is 0 Å². The van der Waals surface area contributed by atoms with Crippen molar-refractivity contribution in [1.82, 2.24) is 4.57 Å². The average molecular weight is 488 g/mol. The number of aromatic nitrogens is 2. The first kappa shape index (κ1) is 24.6. The van der Waals surface area contributed by atoms with E-state index in [1.807, 2.05) is 30.3 Å². The van der Waals surface area contributed by atoms with Gasteiger partial charge in [-0.1, -0.05) is 71.8 Å². The fourth-order valence-corrected chi connectivity index (χ4v) is 5.66. The molecule has 0 aliphatic carbocycles. The number of hydrogen-bond donors (Lipinski definition) is 0. The Kier molecular flexibility index (Phi) is 6.71. The molecule has 0 saturated heterocycles. The van der Waals surface area contributed by atoms with Gasteiger partial charge in [0.1, 0.15) is 36.1 Å². The van der Waals surface area contributed by atoms with E-state index in [9.17, 15) is 0 Å². The molecule has 5 aromatic rings. The first-order valence-corrected chi connectivity index (χ1v) is 12.9. The quantitative estimate of drug-likeness (QED) is 0.223. The summed E-state index contributed by atoms with van der Waals surface area (Å²) in [5.74, 6) is 1.99. The number of benzene rings is 4. The van der Waals surface area contributed by atoms with Crippen molar-refractivity contribution in [3.8, 4) is 28.5 Å². The van der Waals surface area contributed by atoms with Gasteiger partial charge in [0.05, 0.1) is 5.56 Å². The molecule has 0 unspecified atom stereocenters. The molecule has 1 heterocycles. The van der Waals surface area contributed by atoms with Crippen LogP contribution in [-0.2, 0) is 6.61 Å². The number of para-hydroxylation sites is 1. The molecule has 0 spiro atoms. The summed E-state index contributed by atoms with van der Waals surface area (Å²) in [5, 5.41) is 0. The minimum Gasteiger partial charge on any atom is -0.489 e. The average Bonchev–Trinajstić information content (AvgIpc) is 3.26. The van der Waals surface area contributed by atoms with Crippen LogP contribution in [0.15, 0.2) is 91.3 Å². The van der Waals surface area contributed by atoms with E-state index in [2.05, 4.69) is 112 Å². The first-order chi connectivity index (χ1) is 17.8. The zero-order valence-electron chi connectivity index (χ0n) is 22.7. The minimum absolute atomic E-state index is 0.489. The molecule has 0 radical (unpaired) electrons. The zero-order chi connectivity index (χ0) is 26.1. The van der Waals surface area contributed by atoms with Crippen molar-refractivity contribution < 1.29 is 9.30 Å². The molecular formula is C34H35N2O+. The van der Waals surface area contributed by atoms with Crippen molar-refractivity contribution in [3.63, 3.8) is 0 Å². The summed E-state index contributed by atoms with van der Waals surface area (Å²) in [4.78, 5) is 0. The van der Waals surface area contributed by atoms with Crippen molar-refractivity contribution in [3.05, 3.63) is 130 Å². The maximum Gasteiger partial charge on any atom is 0.299 e. The number of nitrogens with zero attached hydrogens (tertiary/aromatic N) is 2. The van der Waals surface area contributed by atoms with Gasteiger partial charge in [-0.15, -0.1) is 0 Å². The van der Waals surface area contributed by atoms with Crippen LogP contribution in [0.2, 0.25) is 0 Å². The smallest absolute Gasteiger partial charge is 0.299 e. The topological polar surface area (TPSA) is 18.0 Å². The molecular weight excluding hydrogens is 452 g/mol. The number of hydrogen-bond acceptors (Lipinski definition) is 1. The van der Waals surface area contributed by atoms with Crippen LogP contribution in [-0.4, -0.2) is 4.57 Å². The summed E-state index contributed by atoms with van der Waals surface area (Å²) >= 11 is 0. The van der Waals surface area contributed by atoms with E-state index in [0.717, 1.165) is 22.7 Å². The Morgan fingerprint density at radius 1 is 0.676 bits per heavy atom. The van der Waals surface area contributed by atoms with Gasteiger partial charge >= 0.3 is 0 Å². The van der Waals surface area contributed by atoms with Crippen LogP contribution in [0, 0.1) is 41.5 Å². The summed E-state index contributed by atoms with van der Waals surface area (Å²) in [6.45, 7) is 13.6. The fourth-order valence-electron chi connectivity index (χ4n) is 5.66. The van der Waals surface area contributed by atoms with Gasteiger partial charge in [-0.25, -0.2) is 0 Å². The molecule has 0 aliphatic heterocycles. The van der Waals surface area contributed by atoms with Crippen LogP contribution < -0.4 is 9.30 Å². The van der Waals surface area contributed by atoms with Gasteiger partial charge in [0.15, 0.2) is 0 Å². The van der Waals surface area contributed by atoms with Gasteiger partial charge in [0.25, 0.3) is 5.82 Å². The lowest BCUT2D eigenvalue weighted by Gasteiger charge is -2.15. The monoisotopic (exact) mass is 487 g/mol. The predicted octanol–water partition coefficient (Wildman–Crippen LogP) is 7.85. The van der Waals surface area contributed by atoms with E-state index in [1.54, 1.807) is 0 Å². The summed E-state index contributed by atoms with van der Waals surface area (Å²) in [7, 11) is 0. The van der Waals surface area contributed by atoms with Crippen LogP contribution in [0.5, 0.6) is 5.75 Å². The molecule has 0 N–H and O–H groups in total. The molecule has 0 aliphatic rings. The largest absolute Gasteiger partial charge is 0.489 e. The number of rotatable bonds is 6. The molecule has 5 rings (SSSR count). The highest BCUT2D eigenvalue weighted by atomic mass is 16.5. The van der Waals surface area contributed by atoms with E-state index in [-0.39, 0.29) is 0 Å². The Morgan fingerprint density at radius 3 is 1.89 bits per heavy atom. The second-order valence-corrected chi connectivity index (χ2v) is 10.1. The molecule has 0 bridgehead atoms. The molecule has 0 atom stereocenters. The maximum atomic E-state index is 6.23. The molecule has 3 heteroatoms. The van der Waals surface area contributed by atoms with E-state index < -0.39 is 0 Å².